The highest BCUT2D eigenvalue weighted by Gasteiger charge is 2.32. The summed E-state index contributed by atoms with van der Waals surface area (Å²) in [5.41, 5.74) is 2.11. The molecule has 0 saturated heterocycles. The van der Waals surface area contributed by atoms with E-state index in [1.54, 1.807) is 0 Å². The van der Waals surface area contributed by atoms with Gasteiger partial charge in [0.1, 0.15) is 0 Å². The lowest BCUT2D eigenvalue weighted by Crippen LogP contribution is -2.40. The molecule has 0 bridgehead atoms. The molecule has 3 heteroatoms. The first-order valence-corrected chi connectivity index (χ1v) is 6.86. The Kier molecular flexibility index (Phi) is 5.55. The van der Waals surface area contributed by atoms with Gasteiger partial charge >= 0.3 is 5.97 Å². The van der Waals surface area contributed by atoms with E-state index in [9.17, 15) is 4.79 Å². The van der Waals surface area contributed by atoms with Crippen molar-refractivity contribution in [3.8, 4) is 0 Å². The molecule has 1 aromatic rings. The topological polar surface area (TPSA) is 29.5 Å². The van der Waals surface area contributed by atoms with Crippen molar-refractivity contribution in [1.82, 2.24) is 4.90 Å². The minimum Gasteiger partial charge on any atom is -0.466 e. The summed E-state index contributed by atoms with van der Waals surface area (Å²) in [4.78, 5) is 13.9. The summed E-state index contributed by atoms with van der Waals surface area (Å²) in [5, 5.41) is 0. The number of benzene rings is 1. The van der Waals surface area contributed by atoms with E-state index >= 15 is 0 Å². The maximum atomic E-state index is 11.8. The van der Waals surface area contributed by atoms with Crippen molar-refractivity contribution in [3.05, 3.63) is 35.4 Å². The summed E-state index contributed by atoms with van der Waals surface area (Å²) in [6.45, 7) is 6.47. The van der Waals surface area contributed by atoms with Crippen LogP contribution in [-0.2, 0) is 21.5 Å². The quantitative estimate of drug-likeness (QED) is 0.739. The predicted octanol–water partition coefficient (Wildman–Crippen LogP) is 2.98. The Labute approximate surface area is 116 Å². The van der Waals surface area contributed by atoms with E-state index < -0.39 is 0 Å². The zero-order valence-corrected chi connectivity index (χ0v) is 12.7. The van der Waals surface area contributed by atoms with E-state index in [-0.39, 0.29) is 11.5 Å². The second-order valence-electron chi connectivity index (χ2n) is 5.20. The Morgan fingerprint density at radius 1 is 1.21 bits per heavy atom. The highest BCUT2D eigenvalue weighted by atomic mass is 16.5. The standard InChI is InChI=1S/C16H25NO2/c1-6-13-8-10-14(11-9-13)16(3,17(4)5)12-15(18)19-7-2/h8-11H,6-7,12H2,1-5H3. The van der Waals surface area contributed by atoms with Gasteiger partial charge < -0.3 is 4.74 Å². The Bertz CT molecular complexity index is 411. The fraction of sp³-hybridized carbons (Fsp3) is 0.562. The van der Waals surface area contributed by atoms with Crippen LogP contribution in [0.15, 0.2) is 24.3 Å². The Morgan fingerprint density at radius 3 is 2.21 bits per heavy atom. The summed E-state index contributed by atoms with van der Waals surface area (Å²) >= 11 is 0. The van der Waals surface area contributed by atoms with Crippen LogP contribution < -0.4 is 0 Å². The molecule has 1 rings (SSSR count). The molecule has 0 fully saturated rings. The van der Waals surface area contributed by atoms with Crippen molar-refractivity contribution in [2.24, 2.45) is 0 Å². The SMILES string of the molecule is CCOC(=O)CC(C)(c1ccc(CC)cc1)N(C)C. The van der Waals surface area contributed by atoms with Gasteiger partial charge in [0.2, 0.25) is 0 Å². The molecule has 3 nitrogen and oxygen atoms in total. The first-order chi connectivity index (χ1) is 8.93. The molecule has 1 unspecified atom stereocenters. The molecule has 0 amide bonds. The molecule has 0 radical (unpaired) electrons. The van der Waals surface area contributed by atoms with Crippen LogP contribution in [0.5, 0.6) is 0 Å². The molecule has 0 heterocycles. The highest BCUT2D eigenvalue weighted by Crippen LogP contribution is 2.30. The second kappa shape index (κ2) is 6.71. The Morgan fingerprint density at radius 2 is 1.79 bits per heavy atom. The first-order valence-electron chi connectivity index (χ1n) is 6.86. The van der Waals surface area contributed by atoms with E-state index in [0.717, 1.165) is 12.0 Å². The van der Waals surface area contributed by atoms with Crippen molar-refractivity contribution in [1.29, 1.82) is 0 Å². The van der Waals surface area contributed by atoms with Crippen LogP contribution in [0.2, 0.25) is 0 Å². The van der Waals surface area contributed by atoms with Gasteiger partial charge in [-0.05, 0) is 45.5 Å². The number of rotatable bonds is 6. The average Bonchev–Trinajstić information content (AvgIpc) is 2.38. The number of carbonyl (C=O) groups is 1. The van der Waals surface area contributed by atoms with E-state index in [0.29, 0.717) is 13.0 Å². The van der Waals surface area contributed by atoms with Crippen LogP contribution in [0.4, 0.5) is 0 Å². The summed E-state index contributed by atoms with van der Waals surface area (Å²) < 4.78 is 5.09. The second-order valence-corrected chi connectivity index (χ2v) is 5.20. The van der Waals surface area contributed by atoms with Gasteiger partial charge in [0.25, 0.3) is 0 Å². The normalized spacial score (nSPS) is 14.2. The van der Waals surface area contributed by atoms with Gasteiger partial charge in [0.05, 0.1) is 18.6 Å². The van der Waals surface area contributed by atoms with Gasteiger partial charge in [-0.1, -0.05) is 31.2 Å². The summed E-state index contributed by atoms with van der Waals surface area (Å²) in [6.07, 6.45) is 1.39. The molecule has 0 aliphatic rings. The summed E-state index contributed by atoms with van der Waals surface area (Å²) in [5.74, 6) is -0.154. The van der Waals surface area contributed by atoms with Crippen molar-refractivity contribution in [3.63, 3.8) is 0 Å². The van der Waals surface area contributed by atoms with Crippen LogP contribution in [0, 0.1) is 0 Å². The molecule has 0 spiro atoms. The maximum absolute atomic E-state index is 11.8. The van der Waals surface area contributed by atoms with Crippen LogP contribution in [0.25, 0.3) is 0 Å². The Hall–Kier alpha value is -1.35. The summed E-state index contributed by atoms with van der Waals surface area (Å²) in [6, 6.07) is 8.47. The van der Waals surface area contributed by atoms with Crippen molar-refractivity contribution in [2.75, 3.05) is 20.7 Å². The lowest BCUT2D eigenvalue weighted by molar-refractivity contribution is -0.146. The molecule has 0 aliphatic heterocycles. The van der Waals surface area contributed by atoms with E-state index in [2.05, 4.69) is 43.0 Å². The number of aryl methyl sites for hydroxylation is 1. The average molecular weight is 263 g/mol. The molecule has 1 atom stereocenters. The zero-order valence-electron chi connectivity index (χ0n) is 12.7. The van der Waals surface area contributed by atoms with Crippen LogP contribution in [0.3, 0.4) is 0 Å². The molecule has 0 saturated carbocycles. The lowest BCUT2D eigenvalue weighted by Gasteiger charge is -2.36. The van der Waals surface area contributed by atoms with Gasteiger partial charge in [-0.2, -0.15) is 0 Å². The lowest BCUT2D eigenvalue weighted by atomic mass is 9.86. The molecular weight excluding hydrogens is 238 g/mol. The van der Waals surface area contributed by atoms with Gasteiger partial charge in [-0.3, -0.25) is 9.69 Å². The minimum atomic E-state index is -0.335. The van der Waals surface area contributed by atoms with Crippen LogP contribution in [0.1, 0.15) is 38.3 Å². The van der Waals surface area contributed by atoms with E-state index in [1.807, 2.05) is 21.0 Å². The zero-order chi connectivity index (χ0) is 14.5. The van der Waals surface area contributed by atoms with E-state index in [1.165, 1.54) is 5.56 Å². The van der Waals surface area contributed by atoms with Crippen LogP contribution in [-0.4, -0.2) is 31.6 Å². The maximum Gasteiger partial charge on any atom is 0.307 e. The largest absolute Gasteiger partial charge is 0.466 e. The Balaban J connectivity index is 3.00. The minimum absolute atomic E-state index is 0.154. The van der Waals surface area contributed by atoms with Crippen LogP contribution >= 0.6 is 0 Å². The molecule has 106 valence electrons. The molecule has 0 N–H and O–H groups in total. The fourth-order valence-corrected chi connectivity index (χ4v) is 2.11. The van der Waals surface area contributed by atoms with Gasteiger partial charge in [-0.25, -0.2) is 0 Å². The number of carbonyl (C=O) groups excluding carboxylic acids is 1. The predicted molar refractivity (Wildman–Crippen MR) is 78.1 cm³/mol. The monoisotopic (exact) mass is 263 g/mol. The smallest absolute Gasteiger partial charge is 0.307 e. The molecule has 0 aromatic heterocycles. The van der Waals surface area contributed by atoms with Crippen molar-refractivity contribution in [2.45, 2.75) is 39.2 Å². The third-order valence-corrected chi connectivity index (χ3v) is 3.77. The van der Waals surface area contributed by atoms with Gasteiger partial charge in [0.15, 0.2) is 0 Å². The number of esters is 1. The van der Waals surface area contributed by atoms with Gasteiger partial charge in [-0.15, -0.1) is 0 Å². The number of nitrogens with zero attached hydrogens (tertiary/aromatic N) is 1. The molecular formula is C16H25NO2. The van der Waals surface area contributed by atoms with Crippen molar-refractivity contribution >= 4 is 5.97 Å². The number of hydrogen-bond acceptors (Lipinski definition) is 3. The summed E-state index contributed by atoms with van der Waals surface area (Å²) in [7, 11) is 3.99. The van der Waals surface area contributed by atoms with Crippen molar-refractivity contribution < 1.29 is 9.53 Å². The highest BCUT2D eigenvalue weighted by molar-refractivity contribution is 5.71. The molecule has 0 aliphatic carbocycles. The number of ether oxygens (including phenoxy) is 1. The fourth-order valence-electron chi connectivity index (χ4n) is 2.11. The van der Waals surface area contributed by atoms with E-state index in [4.69, 9.17) is 4.74 Å². The number of hydrogen-bond donors (Lipinski definition) is 0. The third kappa shape index (κ3) is 3.80. The molecule has 19 heavy (non-hydrogen) atoms. The first kappa shape index (κ1) is 15.7. The third-order valence-electron chi connectivity index (χ3n) is 3.77. The molecule has 1 aromatic carbocycles. The van der Waals surface area contributed by atoms with Gasteiger partial charge in [0, 0.05) is 0 Å².